The van der Waals surface area contributed by atoms with Crippen LogP contribution in [0.2, 0.25) is 0 Å². The normalized spacial score (nSPS) is 20.0. The SMILES string of the molecule is O=C(O)C1CC1C(=O)Nc1ccc(Cn2cncn2)cc1. The Morgan fingerprint density at radius 2 is 2.05 bits per heavy atom. The average Bonchev–Trinajstić information content (AvgIpc) is 3.13. The Morgan fingerprint density at radius 3 is 2.62 bits per heavy atom. The summed E-state index contributed by atoms with van der Waals surface area (Å²) in [6.07, 6.45) is 3.53. The topological polar surface area (TPSA) is 97.1 Å². The fraction of sp³-hybridized carbons (Fsp3) is 0.286. The van der Waals surface area contributed by atoms with Crippen LogP contribution in [0.15, 0.2) is 36.9 Å². The van der Waals surface area contributed by atoms with Crippen LogP contribution < -0.4 is 5.32 Å². The number of rotatable bonds is 5. The summed E-state index contributed by atoms with van der Waals surface area (Å²) < 4.78 is 1.70. The lowest BCUT2D eigenvalue weighted by Crippen LogP contribution is -2.16. The summed E-state index contributed by atoms with van der Waals surface area (Å²) >= 11 is 0. The molecule has 1 aromatic heterocycles. The first kappa shape index (κ1) is 13.3. The van der Waals surface area contributed by atoms with Crippen LogP contribution in [-0.2, 0) is 16.1 Å². The van der Waals surface area contributed by atoms with Crippen molar-refractivity contribution >= 4 is 17.6 Å². The summed E-state index contributed by atoms with van der Waals surface area (Å²) in [5, 5.41) is 15.6. The van der Waals surface area contributed by atoms with Crippen molar-refractivity contribution in [2.24, 2.45) is 11.8 Å². The quantitative estimate of drug-likeness (QED) is 0.854. The van der Waals surface area contributed by atoms with E-state index in [0.29, 0.717) is 18.7 Å². The molecule has 7 heteroatoms. The minimum Gasteiger partial charge on any atom is -0.481 e. The molecule has 0 aliphatic heterocycles. The molecule has 7 nitrogen and oxygen atoms in total. The lowest BCUT2D eigenvalue weighted by molar-refractivity contribution is -0.139. The molecule has 2 aromatic rings. The number of nitrogens with one attached hydrogen (secondary N) is 1. The highest BCUT2D eigenvalue weighted by Gasteiger charge is 2.48. The van der Waals surface area contributed by atoms with Crippen molar-refractivity contribution in [3.8, 4) is 0 Å². The van der Waals surface area contributed by atoms with Crippen molar-refractivity contribution < 1.29 is 14.7 Å². The number of carboxylic acids is 1. The van der Waals surface area contributed by atoms with E-state index in [1.807, 2.05) is 12.1 Å². The number of carboxylic acid groups (broad SMARTS) is 1. The number of anilines is 1. The van der Waals surface area contributed by atoms with Crippen molar-refractivity contribution in [3.05, 3.63) is 42.5 Å². The fourth-order valence-electron chi connectivity index (χ4n) is 2.19. The molecule has 2 unspecified atom stereocenters. The Kier molecular flexibility index (Phi) is 3.39. The molecule has 1 aliphatic carbocycles. The molecular weight excluding hydrogens is 272 g/mol. The van der Waals surface area contributed by atoms with Crippen LogP contribution in [-0.4, -0.2) is 31.7 Å². The van der Waals surface area contributed by atoms with E-state index in [9.17, 15) is 9.59 Å². The molecule has 108 valence electrons. The first-order valence-corrected chi connectivity index (χ1v) is 6.58. The zero-order valence-electron chi connectivity index (χ0n) is 11.1. The zero-order valence-corrected chi connectivity index (χ0v) is 11.1. The first-order valence-electron chi connectivity index (χ1n) is 6.58. The van der Waals surface area contributed by atoms with Crippen molar-refractivity contribution in [1.82, 2.24) is 14.8 Å². The number of amides is 1. The van der Waals surface area contributed by atoms with Gasteiger partial charge in [0.1, 0.15) is 12.7 Å². The van der Waals surface area contributed by atoms with Crippen LogP contribution in [0.5, 0.6) is 0 Å². The third kappa shape index (κ3) is 3.07. The molecule has 0 spiro atoms. The van der Waals surface area contributed by atoms with Gasteiger partial charge in [0.25, 0.3) is 0 Å². The van der Waals surface area contributed by atoms with Gasteiger partial charge in [0.05, 0.1) is 18.4 Å². The number of benzene rings is 1. The van der Waals surface area contributed by atoms with E-state index in [-0.39, 0.29) is 5.91 Å². The first-order chi connectivity index (χ1) is 10.1. The summed E-state index contributed by atoms with van der Waals surface area (Å²) in [7, 11) is 0. The molecule has 1 heterocycles. The maximum absolute atomic E-state index is 11.8. The van der Waals surface area contributed by atoms with Crippen molar-refractivity contribution in [1.29, 1.82) is 0 Å². The highest BCUT2D eigenvalue weighted by molar-refractivity contribution is 5.98. The molecule has 1 aliphatic rings. The number of hydrogen-bond donors (Lipinski definition) is 2. The standard InChI is InChI=1S/C14H14N4O3/c19-13(11-5-12(11)14(20)21)17-10-3-1-9(2-4-10)6-18-8-15-7-16-18/h1-4,7-8,11-12H,5-6H2,(H,17,19)(H,20,21). The predicted octanol–water partition coefficient (Wildman–Crippen LogP) is 0.986. The molecule has 0 saturated heterocycles. The number of carbonyl (C=O) groups is 2. The summed E-state index contributed by atoms with van der Waals surface area (Å²) in [5.41, 5.74) is 1.70. The molecule has 2 N–H and O–H groups in total. The number of aliphatic carboxylic acids is 1. The smallest absolute Gasteiger partial charge is 0.307 e. The highest BCUT2D eigenvalue weighted by Crippen LogP contribution is 2.39. The Morgan fingerprint density at radius 1 is 1.29 bits per heavy atom. The summed E-state index contributed by atoms with van der Waals surface area (Å²) in [6, 6.07) is 7.36. The Balaban J connectivity index is 1.57. The molecule has 0 radical (unpaired) electrons. The maximum Gasteiger partial charge on any atom is 0.307 e. The second kappa shape index (κ2) is 5.35. The monoisotopic (exact) mass is 286 g/mol. The number of nitrogens with zero attached hydrogens (tertiary/aromatic N) is 3. The van der Waals surface area contributed by atoms with Crippen LogP contribution in [0.1, 0.15) is 12.0 Å². The van der Waals surface area contributed by atoms with Crippen LogP contribution in [0, 0.1) is 11.8 Å². The van der Waals surface area contributed by atoms with E-state index in [0.717, 1.165) is 5.56 Å². The second-order valence-electron chi connectivity index (χ2n) is 5.07. The van der Waals surface area contributed by atoms with Gasteiger partial charge in [0.15, 0.2) is 0 Å². The van der Waals surface area contributed by atoms with Crippen molar-refractivity contribution in [3.63, 3.8) is 0 Å². The van der Waals surface area contributed by atoms with E-state index < -0.39 is 17.8 Å². The molecular formula is C14H14N4O3. The van der Waals surface area contributed by atoms with Crippen LogP contribution >= 0.6 is 0 Å². The molecule has 1 saturated carbocycles. The molecule has 2 atom stereocenters. The highest BCUT2D eigenvalue weighted by atomic mass is 16.4. The number of aromatic nitrogens is 3. The molecule has 21 heavy (non-hydrogen) atoms. The number of hydrogen-bond acceptors (Lipinski definition) is 4. The lowest BCUT2D eigenvalue weighted by Gasteiger charge is -2.06. The molecule has 1 aromatic carbocycles. The molecule has 1 fully saturated rings. The van der Waals surface area contributed by atoms with E-state index in [2.05, 4.69) is 15.4 Å². The summed E-state index contributed by atoms with van der Waals surface area (Å²) in [6.45, 7) is 0.609. The van der Waals surface area contributed by atoms with Gasteiger partial charge in [-0.25, -0.2) is 9.67 Å². The van der Waals surface area contributed by atoms with E-state index in [1.54, 1.807) is 23.1 Å². The van der Waals surface area contributed by atoms with E-state index in [1.165, 1.54) is 6.33 Å². The van der Waals surface area contributed by atoms with Gasteiger partial charge in [0, 0.05) is 5.69 Å². The lowest BCUT2D eigenvalue weighted by atomic mass is 10.2. The number of carbonyl (C=O) groups excluding carboxylic acids is 1. The minimum absolute atomic E-state index is 0.230. The van der Waals surface area contributed by atoms with Gasteiger partial charge in [-0.15, -0.1) is 0 Å². The van der Waals surface area contributed by atoms with Gasteiger partial charge in [0.2, 0.25) is 5.91 Å². The van der Waals surface area contributed by atoms with Crippen LogP contribution in [0.3, 0.4) is 0 Å². The van der Waals surface area contributed by atoms with Crippen LogP contribution in [0.25, 0.3) is 0 Å². The van der Waals surface area contributed by atoms with Crippen LogP contribution in [0.4, 0.5) is 5.69 Å². The maximum atomic E-state index is 11.8. The van der Waals surface area contributed by atoms with Crippen molar-refractivity contribution in [2.75, 3.05) is 5.32 Å². The Bertz CT molecular complexity index is 651. The van der Waals surface area contributed by atoms with E-state index in [4.69, 9.17) is 5.11 Å². The summed E-state index contributed by atoms with van der Waals surface area (Å²) in [5.74, 6) is -2.07. The van der Waals surface area contributed by atoms with Gasteiger partial charge in [-0.05, 0) is 24.1 Å². The molecule has 0 bridgehead atoms. The Labute approximate surface area is 120 Å². The average molecular weight is 286 g/mol. The van der Waals surface area contributed by atoms with Crippen molar-refractivity contribution in [2.45, 2.75) is 13.0 Å². The third-order valence-electron chi connectivity index (χ3n) is 3.48. The molecule has 1 amide bonds. The fourth-order valence-corrected chi connectivity index (χ4v) is 2.19. The minimum atomic E-state index is -0.904. The van der Waals surface area contributed by atoms with Gasteiger partial charge < -0.3 is 10.4 Å². The Hall–Kier alpha value is -2.70. The van der Waals surface area contributed by atoms with Gasteiger partial charge in [-0.1, -0.05) is 12.1 Å². The summed E-state index contributed by atoms with van der Waals surface area (Å²) in [4.78, 5) is 26.4. The third-order valence-corrected chi connectivity index (χ3v) is 3.48. The van der Waals surface area contributed by atoms with Gasteiger partial charge in [-0.2, -0.15) is 5.10 Å². The van der Waals surface area contributed by atoms with Gasteiger partial charge in [-0.3, -0.25) is 9.59 Å². The van der Waals surface area contributed by atoms with Gasteiger partial charge >= 0.3 is 5.97 Å². The second-order valence-corrected chi connectivity index (χ2v) is 5.07. The molecule has 3 rings (SSSR count). The van der Waals surface area contributed by atoms with E-state index >= 15 is 0 Å². The zero-order chi connectivity index (χ0) is 14.8. The predicted molar refractivity (Wildman–Crippen MR) is 73.4 cm³/mol. The largest absolute Gasteiger partial charge is 0.481 e.